The molecule has 3 aromatic rings. The average molecular weight is 319 g/mol. The van der Waals surface area contributed by atoms with E-state index in [1.54, 1.807) is 0 Å². The number of nitrogens with zero attached hydrogens (tertiary/aromatic N) is 2. The summed E-state index contributed by atoms with van der Waals surface area (Å²) in [4.78, 5) is 4.72. The molecular weight excluding hydrogens is 303 g/mol. The van der Waals surface area contributed by atoms with Crippen LogP contribution in [0.25, 0.3) is 16.7 Å². The smallest absolute Gasteiger partial charge is 0.132 e. The van der Waals surface area contributed by atoms with Gasteiger partial charge in [-0.25, -0.2) is 4.98 Å². The summed E-state index contributed by atoms with van der Waals surface area (Å²) in [6, 6.07) is 12.2. The number of hydrogen-bond donors (Lipinski definition) is 0. The maximum atomic E-state index is 6.45. The zero-order valence-electron chi connectivity index (χ0n) is 12.2. The van der Waals surface area contributed by atoms with E-state index in [2.05, 4.69) is 17.6 Å². The maximum Gasteiger partial charge on any atom is 0.132 e. The highest BCUT2D eigenvalue weighted by Gasteiger charge is 2.18. The number of halogens is 2. The van der Waals surface area contributed by atoms with Crippen molar-refractivity contribution < 1.29 is 0 Å². The molecule has 1 atom stereocenters. The summed E-state index contributed by atoms with van der Waals surface area (Å²) in [5.74, 6) is 0.812. The lowest BCUT2D eigenvalue weighted by Gasteiger charge is -2.13. The number of benzene rings is 2. The number of aromatic nitrogens is 2. The number of fused-ring (bicyclic) bond motifs is 1. The van der Waals surface area contributed by atoms with E-state index in [9.17, 15) is 0 Å². The SMILES string of the molecule is Cc1ccc(-n2c(C(C)Cl)nc3c(C)cccc32)c(Cl)c1. The fraction of sp³-hybridized carbons (Fsp3) is 0.235. The number of aryl methyl sites for hydroxylation is 2. The predicted octanol–water partition coefficient (Wildman–Crippen LogP) is 5.60. The molecule has 0 aliphatic rings. The second kappa shape index (κ2) is 5.36. The van der Waals surface area contributed by atoms with Crippen molar-refractivity contribution in [3.8, 4) is 5.69 Å². The molecule has 0 aliphatic heterocycles. The summed E-state index contributed by atoms with van der Waals surface area (Å²) < 4.78 is 2.06. The summed E-state index contributed by atoms with van der Waals surface area (Å²) in [7, 11) is 0. The number of para-hydroxylation sites is 1. The fourth-order valence-electron chi connectivity index (χ4n) is 2.57. The molecule has 2 nitrogen and oxygen atoms in total. The summed E-state index contributed by atoms with van der Waals surface area (Å²) in [6.45, 7) is 6.01. The number of alkyl halides is 1. The Morgan fingerprint density at radius 3 is 2.57 bits per heavy atom. The topological polar surface area (TPSA) is 17.8 Å². The van der Waals surface area contributed by atoms with Crippen LogP contribution in [0.15, 0.2) is 36.4 Å². The molecule has 0 radical (unpaired) electrons. The van der Waals surface area contributed by atoms with Crippen LogP contribution in [0.2, 0.25) is 5.02 Å². The minimum atomic E-state index is -0.200. The van der Waals surface area contributed by atoms with Gasteiger partial charge in [0.2, 0.25) is 0 Å². The van der Waals surface area contributed by atoms with Crippen molar-refractivity contribution >= 4 is 34.2 Å². The van der Waals surface area contributed by atoms with Gasteiger partial charge in [-0.1, -0.05) is 29.8 Å². The normalized spacial score (nSPS) is 12.8. The molecule has 21 heavy (non-hydrogen) atoms. The third-order valence-corrected chi connectivity index (χ3v) is 4.11. The Balaban J connectivity index is 2.39. The number of imidazole rings is 1. The van der Waals surface area contributed by atoms with Crippen LogP contribution < -0.4 is 0 Å². The molecule has 1 unspecified atom stereocenters. The van der Waals surface area contributed by atoms with Crippen molar-refractivity contribution in [3.63, 3.8) is 0 Å². The van der Waals surface area contributed by atoms with Gasteiger partial charge >= 0.3 is 0 Å². The third-order valence-electron chi connectivity index (χ3n) is 3.61. The molecular formula is C17H16Cl2N2. The Kier molecular flexibility index (Phi) is 3.68. The average Bonchev–Trinajstić information content (AvgIpc) is 2.80. The highest BCUT2D eigenvalue weighted by molar-refractivity contribution is 6.32. The second-order valence-corrected chi connectivity index (χ2v) is 6.38. The summed E-state index contributed by atoms with van der Waals surface area (Å²) in [5, 5.41) is 0.503. The molecule has 0 fully saturated rings. The van der Waals surface area contributed by atoms with Gasteiger partial charge < -0.3 is 0 Å². The zero-order valence-corrected chi connectivity index (χ0v) is 13.7. The number of rotatable bonds is 2. The van der Waals surface area contributed by atoms with E-state index in [4.69, 9.17) is 28.2 Å². The van der Waals surface area contributed by atoms with E-state index in [1.165, 1.54) is 0 Å². The van der Waals surface area contributed by atoms with Gasteiger partial charge in [-0.2, -0.15) is 0 Å². The Morgan fingerprint density at radius 1 is 1.14 bits per heavy atom. The van der Waals surface area contributed by atoms with E-state index in [0.29, 0.717) is 5.02 Å². The minimum absolute atomic E-state index is 0.200. The first kappa shape index (κ1) is 14.4. The molecule has 0 spiro atoms. The van der Waals surface area contributed by atoms with E-state index in [-0.39, 0.29) is 5.38 Å². The molecule has 0 saturated carbocycles. The summed E-state index contributed by atoms with van der Waals surface area (Å²) in [5.41, 5.74) is 5.18. The highest BCUT2D eigenvalue weighted by Crippen LogP contribution is 2.32. The standard InChI is InChI=1S/C17H16Cl2N2/c1-10-7-8-14(13(19)9-10)21-15-6-4-5-11(2)16(15)20-17(21)12(3)18/h4-9,12H,1-3H3. The first-order valence-corrected chi connectivity index (χ1v) is 7.69. The Morgan fingerprint density at radius 2 is 1.90 bits per heavy atom. The summed E-state index contributed by atoms with van der Waals surface area (Å²) in [6.07, 6.45) is 0. The van der Waals surface area contributed by atoms with E-state index in [0.717, 1.165) is 33.7 Å². The van der Waals surface area contributed by atoms with Crippen LogP contribution in [0.1, 0.15) is 29.3 Å². The molecule has 0 N–H and O–H groups in total. The van der Waals surface area contributed by atoms with E-state index >= 15 is 0 Å². The molecule has 1 aromatic heterocycles. The van der Waals surface area contributed by atoms with Crippen molar-refractivity contribution in [1.82, 2.24) is 9.55 Å². The predicted molar refractivity (Wildman–Crippen MR) is 89.8 cm³/mol. The van der Waals surface area contributed by atoms with Crippen molar-refractivity contribution in [2.45, 2.75) is 26.1 Å². The molecule has 0 bridgehead atoms. The van der Waals surface area contributed by atoms with Crippen LogP contribution in [0.4, 0.5) is 0 Å². The lowest BCUT2D eigenvalue weighted by molar-refractivity contribution is 0.882. The highest BCUT2D eigenvalue weighted by atomic mass is 35.5. The fourth-order valence-corrected chi connectivity index (χ4v) is 3.04. The van der Waals surface area contributed by atoms with Gasteiger partial charge in [-0.05, 0) is 50.1 Å². The van der Waals surface area contributed by atoms with E-state index in [1.807, 2.05) is 44.2 Å². The minimum Gasteiger partial charge on any atom is -0.294 e. The molecule has 2 aromatic carbocycles. The van der Waals surface area contributed by atoms with Crippen molar-refractivity contribution in [2.24, 2.45) is 0 Å². The number of hydrogen-bond acceptors (Lipinski definition) is 1. The van der Waals surface area contributed by atoms with Crippen LogP contribution in [-0.4, -0.2) is 9.55 Å². The molecule has 4 heteroatoms. The lowest BCUT2D eigenvalue weighted by atomic mass is 10.2. The zero-order chi connectivity index (χ0) is 15.1. The maximum absolute atomic E-state index is 6.45. The Hall–Kier alpha value is -1.51. The lowest BCUT2D eigenvalue weighted by Crippen LogP contribution is -2.02. The van der Waals surface area contributed by atoms with Crippen LogP contribution in [-0.2, 0) is 0 Å². The van der Waals surface area contributed by atoms with Crippen LogP contribution >= 0.6 is 23.2 Å². The molecule has 0 saturated heterocycles. The first-order valence-electron chi connectivity index (χ1n) is 6.87. The monoisotopic (exact) mass is 318 g/mol. The Bertz CT molecular complexity index is 819. The van der Waals surface area contributed by atoms with Crippen LogP contribution in [0.3, 0.4) is 0 Å². The van der Waals surface area contributed by atoms with Crippen molar-refractivity contribution in [2.75, 3.05) is 0 Å². The third kappa shape index (κ3) is 2.43. The van der Waals surface area contributed by atoms with Gasteiger partial charge in [0.05, 0.1) is 27.1 Å². The molecule has 108 valence electrons. The second-order valence-electron chi connectivity index (χ2n) is 5.32. The largest absolute Gasteiger partial charge is 0.294 e. The summed E-state index contributed by atoms with van der Waals surface area (Å²) >= 11 is 12.8. The van der Waals surface area contributed by atoms with Gasteiger partial charge in [0.25, 0.3) is 0 Å². The van der Waals surface area contributed by atoms with Gasteiger partial charge in [0.15, 0.2) is 0 Å². The van der Waals surface area contributed by atoms with Crippen molar-refractivity contribution in [3.05, 3.63) is 58.4 Å². The first-order chi connectivity index (χ1) is 9.99. The molecule has 0 amide bonds. The molecule has 3 rings (SSSR count). The molecule has 0 aliphatic carbocycles. The van der Waals surface area contributed by atoms with Gasteiger partial charge in [-0.3, -0.25) is 4.57 Å². The van der Waals surface area contributed by atoms with Gasteiger partial charge in [0, 0.05) is 0 Å². The van der Waals surface area contributed by atoms with Crippen LogP contribution in [0.5, 0.6) is 0 Å². The van der Waals surface area contributed by atoms with E-state index < -0.39 is 0 Å². The van der Waals surface area contributed by atoms with Gasteiger partial charge in [-0.15, -0.1) is 11.6 Å². The molecule has 1 heterocycles. The van der Waals surface area contributed by atoms with Gasteiger partial charge in [0.1, 0.15) is 5.82 Å². The quantitative estimate of drug-likeness (QED) is 0.563. The van der Waals surface area contributed by atoms with Crippen LogP contribution in [0, 0.1) is 13.8 Å². The Labute approximate surface area is 134 Å². The van der Waals surface area contributed by atoms with Crippen molar-refractivity contribution in [1.29, 1.82) is 0 Å².